The zero-order chi connectivity index (χ0) is 32.2. The molecular weight excluding hydrogens is 563 g/mol. The van der Waals surface area contributed by atoms with Crippen molar-refractivity contribution in [2.24, 2.45) is 5.92 Å². The number of rotatable bonds is 10. The lowest BCUT2D eigenvalue weighted by Crippen LogP contribution is -2.54. The summed E-state index contributed by atoms with van der Waals surface area (Å²) in [6.07, 6.45) is 5.31. The summed E-state index contributed by atoms with van der Waals surface area (Å²) in [5.74, 6) is 0.180. The normalized spacial score (nSPS) is 21.5. The first-order valence-electron chi connectivity index (χ1n) is 16.7. The quantitative estimate of drug-likeness (QED) is 0.197. The van der Waals surface area contributed by atoms with Gasteiger partial charge in [-0.3, -0.25) is 14.5 Å². The number of nitrogens with zero attached hydrogens (tertiary/aromatic N) is 1. The predicted octanol–water partition coefficient (Wildman–Crippen LogP) is 9.68. The number of hydrogen-bond acceptors (Lipinski definition) is 4. The maximum absolute atomic E-state index is 14.3. The molecule has 44 heavy (non-hydrogen) atoms. The molecule has 1 fully saturated rings. The fourth-order valence-corrected chi connectivity index (χ4v) is 15.5. The Morgan fingerprint density at radius 2 is 1.41 bits per heavy atom. The van der Waals surface area contributed by atoms with Crippen LogP contribution in [0.3, 0.4) is 0 Å². The van der Waals surface area contributed by atoms with Crippen LogP contribution in [0.4, 0.5) is 4.79 Å². The number of carbonyl (C=O) groups is 3. The van der Waals surface area contributed by atoms with E-state index in [0.717, 1.165) is 30.9 Å². The highest BCUT2D eigenvalue weighted by atomic mass is 28.3. The van der Waals surface area contributed by atoms with Crippen molar-refractivity contribution >= 4 is 25.7 Å². The summed E-state index contributed by atoms with van der Waals surface area (Å²) in [5.41, 5.74) is 2.60. The number of hydrogen-bond donors (Lipinski definition) is 0. The molecule has 1 amide bonds. The molecule has 0 saturated heterocycles. The summed E-state index contributed by atoms with van der Waals surface area (Å²) in [5, 5.41) is 0.822. The Morgan fingerprint density at radius 1 is 0.864 bits per heavy atom. The third-order valence-electron chi connectivity index (χ3n) is 10.8. The van der Waals surface area contributed by atoms with E-state index >= 15 is 0 Å². The molecule has 1 aliphatic heterocycles. The lowest BCUT2D eigenvalue weighted by Gasteiger charge is -2.47. The van der Waals surface area contributed by atoms with E-state index in [0.29, 0.717) is 22.2 Å². The molecule has 0 radical (unpaired) electrons. The molecule has 2 aromatic rings. The highest BCUT2D eigenvalue weighted by Gasteiger charge is 2.51. The van der Waals surface area contributed by atoms with Gasteiger partial charge in [0.2, 0.25) is 0 Å². The van der Waals surface area contributed by atoms with E-state index in [4.69, 9.17) is 4.74 Å². The minimum absolute atomic E-state index is 0.0705. The predicted molar refractivity (Wildman–Crippen MR) is 181 cm³/mol. The lowest BCUT2D eigenvalue weighted by atomic mass is 9.66. The van der Waals surface area contributed by atoms with E-state index in [1.165, 1.54) is 5.56 Å². The second kappa shape index (κ2) is 14.0. The maximum Gasteiger partial charge on any atom is 0.414 e. The number of benzene rings is 2. The summed E-state index contributed by atoms with van der Waals surface area (Å²) in [7, 11) is -2.37. The number of allylic oxidation sites excluding steroid dienone is 1. The van der Waals surface area contributed by atoms with Gasteiger partial charge >= 0.3 is 6.09 Å². The molecule has 3 atom stereocenters. The average molecular weight is 616 g/mol. The summed E-state index contributed by atoms with van der Waals surface area (Å²) in [4.78, 5) is 43.5. The van der Waals surface area contributed by atoms with Gasteiger partial charge in [-0.05, 0) is 52.1 Å². The molecule has 2 aliphatic rings. The molecule has 2 unspecified atom stereocenters. The first kappa shape index (κ1) is 33.9. The topological polar surface area (TPSA) is 63.7 Å². The van der Waals surface area contributed by atoms with E-state index < -0.39 is 20.2 Å². The van der Waals surface area contributed by atoms with Crippen molar-refractivity contribution in [3.05, 3.63) is 83.2 Å². The van der Waals surface area contributed by atoms with Crippen molar-refractivity contribution in [2.45, 2.75) is 128 Å². The van der Waals surface area contributed by atoms with Gasteiger partial charge in [0.25, 0.3) is 0 Å². The van der Waals surface area contributed by atoms with Gasteiger partial charge in [-0.25, -0.2) is 4.79 Å². The van der Waals surface area contributed by atoms with Crippen molar-refractivity contribution in [3.63, 3.8) is 0 Å². The number of ether oxygens (including phenoxy) is 1. The van der Waals surface area contributed by atoms with E-state index in [-0.39, 0.29) is 41.8 Å². The molecule has 0 N–H and O–H groups in total. The number of Topliss-reactive ketones (excluding diaryl/α,β-unsaturated/α-hetero) is 2. The SMILES string of the molecule is CC(C)[Si](C1=CN(C(=O)OC2CCCCC2C(C)(C)c2ccccc2)[C@H](CC(=O)c2ccccc2)CC1=O)(C(C)C)C(C)C. The van der Waals surface area contributed by atoms with Crippen molar-refractivity contribution < 1.29 is 19.1 Å². The molecule has 6 heteroatoms. The van der Waals surface area contributed by atoms with E-state index in [9.17, 15) is 14.4 Å². The Labute approximate surface area is 266 Å². The van der Waals surface area contributed by atoms with Crippen LogP contribution >= 0.6 is 0 Å². The first-order valence-corrected chi connectivity index (χ1v) is 18.9. The minimum Gasteiger partial charge on any atom is -0.446 e. The summed E-state index contributed by atoms with van der Waals surface area (Å²) in [6, 6.07) is 19.1. The van der Waals surface area contributed by atoms with Crippen LogP contribution in [0.5, 0.6) is 0 Å². The molecule has 0 spiro atoms. The molecule has 0 bridgehead atoms. The number of ketones is 2. The molecule has 4 rings (SSSR count). The van der Waals surface area contributed by atoms with Gasteiger partial charge in [-0.1, -0.05) is 122 Å². The molecule has 1 aliphatic carbocycles. The molecule has 2 aromatic carbocycles. The monoisotopic (exact) mass is 615 g/mol. The minimum atomic E-state index is -2.37. The molecule has 0 aromatic heterocycles. The fraction of sp³-hybridized carbons (Fsp3) is 0.553. The van der Waals surface area contributed by atoms with Crippen LogP contribution in [0.1, 0.15) is 110 Å². The Kier molecular flexibility index (Phi) is 10.8. The third-order valence-corrected chi connectivity index (χ3v) is 17.9. The molecular formula is C38H53NO4Si. The van der Waals surface area contributed by atoms with Crippen LogP contribution in [-0.4, -0.2) is 42.8 Å². The highest BCUT2D eigenvalue weighted by Crippen LogP contribution is 2.49. The van der Waals surface area contributed by atoms with Crippen LogP contribution in [0.15, 0.2) is 72.1 Å². The van der Waals surface area contributed by atoms with Gasteiger partial charge < -0.3 is 4.74 Å². The lowest BCUT2D eigenvalue weighted by molar-refractivity contribution is -0.116. The Morgan fingerprint density at radius 3 is 1.98 bits per heavy atom. The van der Waals surface area contributed by atoms with Crippen LogP contribution in [-0.2, 0) is 14.9 Å². The maximum atomic E-state index is 14.3. The van der Waals surface area contributed by atoms with Crippen LogP contribution in [0, 0.1) is 5.92 Å². The van der Waals surface area contributed by atoms with Crippen molar-refractivity contribution in [3.8, 4) is 0 Å². The Bertz CT molecular complexity index is 1310. The Balaban J connectivity index is 1.72. The van der Waals surface area contributed by atoms with Crippen molar-refractivity contribution in [2.75, 3.05) is 0 Å². The zero-order valence-electron chi connectivity index (χ0n) is 28.1. The number of carbonyl (C=O) groups excluding carboxylic acids is 3. The molecule has 1 heterocycles. The van der Waals surface area contributed by atoms with Crippen LogP contribution < -0.4 is 0 Å². The first-order chi connectivity index (χ1) is 20.8. The van der Waals surface area contributed by atoms with Gasteiger partial charge in [0.15, 0.2) is 11.6 Å². The van der Waals surface area contributed by atoms with E-state index in [1.54, 1.807) is 17.0 Å². The van der Waals surface area contributed by atoms with Gasteiger partial charge in [0.1, 0.15) is 14.2 Å². The van der Waals surface area contributed by atoms with Crippen molar-refractivity contribution in [1.82, 2.24) is 4.90 Å². The van der Waals surface area contributed by atoms with Gasteiger partial charge in [0, 0.05) is 30.5 Å². The summed E-state index contributed by atoms with van der Waals surface area (Å²) in [6.45, 7) is 17.9. The van der Waals surface area contributed by atoms with Crippen LogP contribution in [0.2, 0.25) is 16.6 Å². The standard InChI is InChI=1S/C38H53NO4Si/c1-26(2)44(27(3)4,28(5)6)36-25-39(31(24-34(36)41)23-33(40)29-17-11-9-12-18-29)37(42)43-35-22-16-15-21-32(35)38(7,8)30-19-13-10-14-20-30/h9-14,17-20,25-28,31-32,35H,15-16,21-24H2,1-8H3/t31-,32?,35?/m1/s1. The fourth-order valence-electron chi connectivity index (χ4n) is 8.69. The summed E-state index contributed by atoms with van der Waals surface area (Å²) < 4.78 is 6.48. The van der Waals surface area contributed by atoms with Gasteiger partial charge in [0.05, 0.1) is 6.04 Å². The second-order valence-corrected chi connectivity index (χ2v) is 20.4. The number of amides is 1. The Hall–Kier alpha value is -2.99. The highest BCUT2D eigenvalue weighted by molar-refractivity contribution is 6.93. The van der Waals surface area contributed by atoms with E-state index in [2.05, 4.69) is 79.7 Å². The van der Waals surface area contributed by atoms with Crippen molar-refractivity contribution in [1.29, 1.82) is 0 Å². The molecule has 238 valence electrons. The zero-order valence-corrected chi connectivity index (χ0v) is 29.1. The van der Waals surface area contributed by atoms with E-state index in [1.807, 2.05) is 30.5 Å². The third kappa shape index (κ3) is 6.66. The summed E-state index contributed by atoms with van der Waals surface area (Å²) >= 11 is 0. The smallest absolute Gasteiger partial charge is 0.414 e. The van der Waals surface area contributed by atoms with Crippen LogP contribution in [0.25, 0.3) is 0 Å². The molecule has 5 nitrogen and oxygen atoms in total. The second-order valence-electron chi connectivity index (χ2n) is 14.5. The molecule has 1 saturated carbocycles. The van der Waals surface area contributed by atoms with Gasteiger partial charge in [-0.2, -0.15) is 0 Å². The van der Waals surface area contributed by atoms with Gasteiger partial charge in [-0.15, -0.1) is 0 Å². The average Bonchev–Trinajstić information content (AvgIpc) is 2.99. The largest absolute Gasteiger partial charge is 0.446 e.